The summed E-state index contributed by atoms with van der Waals surface area (Å²) in [5.41, 5.74) is 3.96. The highest BCUT2D eigenvalue weighted by molar-refractivity contribution is 5.94. The summed E-state index contributed by atoms with van der Waals surface area (Å²) < 4.78 is 0. The number of aryl methyl sites for hydroxylation is 2. The zero-order valence-electron chi connectivity index (χ0n) is 11.6. The molecular weight excluding hydrogens is 236 g/mol. The number of nitrogens with one attached hydrogen (secondary N) is 1. The molecule has 102 valence electrons. The lowest BCUT2D eigenvalue weighted by molar-refractivity contribution is -0.122. The summed E-state index contributed by atoms with van der Waals surface area (Å²) in [6.45, 7) is 1.93. The van der Waals surface area contributed by atoms with Crippen molar-refractivity contribution in [2.75, 3.05) is 25.0 Å². The summed E-state index contributed by atoms with van der Waals surface area (Å²) in [7, 11) is 1.92. The van der Waals surface area contributed by atoms with Crippen LogP contribution in [0.1, 0.15) is 30.4 Å². The molecule has 0 saturated carbocycles. The first-order valence-corrected chi connectivity index (χ1v) is 7.36. The van der Waals surface area contributed by atoms with E-state index in [-0.39, 0.29) is 11.8 Å². The lowest BCUT2D eigenvalue weighted by atomic mass is 9.96. The molecule has 1 N–H and O–H groups in total. The van der Waals surface area contributed by atoms with Crippen molar-refractivity contribution >= 4 is 11.6 Å². The third-order valence-electron chi connectivity index (χ3n) is 4.49. The lowest BCUT2D eigenvalue weighted by Gasteiger charge is -2.27. The molecule has 1 heterocycles. The van der Waals surface area contributed by atoms with Crippen LogP contribution in [0.2, 0.25) is 0 Å². The summed E-state index contributed by atoms with van der Waals surface area (Å²) in [5, 5.41) is 3.31. The average molecular weight is 258 g/mol. The molecule has 0 atom stereocenters. The van der Waals surface area contributed by atoms with Gasteiger partial charge >= 0.3 is 0 Å². The van der Waals surface area contributed by atoms with Gasteiger partial charge in [-0.2, -0.15) is 0 Å². The molecule has 2 aliphatic rings. The van der Waals surface area contributed by atoms with Crippen molar-refractivity contribution in [3.05, 3.63) is 29.3 Å². The van der Waals surface area contributed by atoms with Crippen molar-refractivity contribution in [2.45, 2.75) is 32.1 Å². The summed E-state index contributed by atoms with van der Waals surface area (Å²) >= 11 is 0. The molecule has 1 aromatic rings. The fourth-order valence-electron chi connectivity index (χ4n) is 3.24. The molecule has 0 unspecified atom stereocenters. The van der Waals surface area contributed by atoms with Gasteiger partial charge in [-0.05, 0) is 68.5 Å². The van der Waals surface area contributed by atoms with Crippen LogP contribution in [-0.2, 0) is 17.6 Å². The van der Waals surface area contributed by atoms with Crippen molar-refractivity contribution in [1.29, 1.82) is 0 Å². The Bertz CT molecular complexity index is 478. The number of piperidine rings is 1. The second-order valence-electron chi connectivity index (χ2n) is 5.73. The van der Waals surface area contributed by atoms with Gasteiger partial charge in [0.1, 0.15) is 0 Å². The van der Waals surface area contributed by atoms with Crippen LogP contribution in [0.5, 0.6) is 0 Å². The minimum atomic E-state index is 0.194. The first-order chi connectivity index (χ1) is 9.25. The molecule has 1 amide bonds. The Balaban J connectivity index is 1.75. The fraction of sp³-hybridized carbons (Fsp3) is 0.562. The van der Waals surface area contributed by atoms with Crippen molar-refractivity contribution in [3.63, 3.8) is 0 Å². The normalized spacial score (nSPS) is 19.2. The number of hydrogen-bond donors (Lipinski definition) is 1. The molecule has 1 fully saturated rings. The van der Waals surface area contributed by atoms with Gasteiger partial charge in [-0.1, -0.05) is 6.07 Å². The molecule has 0 aromatic heterocycles. The Morgan fingerprint density at radius 3 is 2.74 bits per heavy atom. The monoisotopic (exact) mass is 258 g/mol. The van der Waals surface area contributed by atoms with E-state index in [9.17, 15) is 4.79 Å². The van der Waals surface area contributed by atoms with E-state index in [1.165, 1.54) is 30.4 Å². The van der Waals surface area contributed by atoms with E-state index in [4.69, 9.17) is 0 Å². The van der Waals surface area contributed by atoms with Gasteiger partial charge in [-0.15, -0.1) is 0 Å². The molecule has 1 aliphatic carbocycles. The summed E-state index contributed by atoms with van der Waals surface area (Å²) in [4.78, 5) is 14.4. The van der Waals surface area contributed by atoms with Gasteiger partial charge in [0.2, 0.25) is 5.91 Å². The molecule has 3 rings (SSSR count). The van der Waals surface area contributed by atoms with E-state index >= 15 is 0 Å². The maximum atomic E-state index is 12.5. The Morgan fingerprint density at radius 2 is 1.95 bits per heavy atom. The highest BCUT2D eigenvalue weighted by atomic mass is 16.2. The Kier molecular flexibility index (Phi) is 3.56. The molecule has 3 heteroatoms. The number of nitrogens with zero attached hydrogens (tertiary/aromatic N) is 1. The van der Waals surface area contributed by atoms with Crippen molar-refractivity contribution in [3.8, 4) is 0 Å². The van der Waals surface area contributed by atoms with Crippen LogP contribution in [0.4, 0.5) is 5.69 Å². The molecule has 1 saturated heterocycles. The fourth-order valence-corrected chi connectivity index (χ4v) is 3.24. The topological polar surface area (TPSA) is 32.3 Å². The van der Waals surface area contributed by atoms with Gasteiger partial charge in [0.15, 0.2) is 0 Å². The zero-order valence-corrected chi connectivity index (χ0v) is 11.6. The number of benzene rings is 1. The summed E-state index contributed by atoms with van der Waals surface area (Å²) in [5.74, 6) is 0.471. The number of rotatable bonds is 2. The van der Waals surface area contributed by atoms with E-state index in [0.29, 0.717) is 0 Å². The SMILES string of the molecule is CN(C(=O)C1CCNCC1)c1ccc2c(c1)CCC2. The van der Waals surface area contributed by atoms with Gasteiger partial charge in [0, 0.05) is 18.7 Å². The molecular formula is C16H22N2O. The minimum Gasteiger partial charge on any atom is -0.317 e. The van der Waals surface area contributed by atoms with E-state index in [2.05, 4.69) is 23.5 Å². The van der Waals surface area contributed by atoms with Crippen molar-refractivity contribution in [1.82, 2.24) is 5.32 Å². The van der Waals surface area contributed by atoms with Gasteiger partial charge in [0.05, 0.1) is 0 Å². The van der Waals surface area contributed by atoms with Gasteiger partial charge < -0.3 is 10.2 Å². The van der Waals surface area contributed by atoms with Crippen LogP contribution < -0.4 is 10.2 Å². The molecule has 0 radical (unpaired) electrons. The maximum Gasteiger partial charge on any atom is 0.229 e. The number of amides is 1. The second-order valence-corrected chi connectivity index (χ2v) is 5.73. The number of anilines is 1. The second kappa shape index (κ2) is 5.33. The standard InChI is InChI=1S/C16H22N2O/c1-18(16(19)13-7-9-17-10-8-13)15-6-5-12-3-2-4-14(12)11-15/h5-6,11,13,17H,2-4,7-10H2,1H3. The number of hydrogen-bond acceptors (Lipinski definition) is 2. The smallest absolute Gasteiger partial charge is 0.229 e. The van der Waals surface area contributed by atoms with Gasteiger partial charge in [-0.25, -0.2) is 0 Å². The number of carbonyl (C=O) groups is 1. The number of carbonyl (C=O) groups excluding carboxylic acids is 1. The molecule has 0 spiro atoms. The first-order valence-electron chi connectivity index (χ1n) is 7.36. The van der Waals surface area contributed by atoms with Crippen molar-refractivity contribution < 1.29 is 4.79 Å². The van der Waals surface area contributed by atoms with Crippen LogP contribution in [0, 0.1) is 5.92 Å². The predicted octanol–water partition coefficient (Wildman–Crippen LogP) is 2.14. The van der Waals surface area contributed by atoms with Crippen LogP contribution in [0.3, 0.4) is 0 Å². The minimum absolute atomic E-state index is 0.194. The van der Waals surface area contributed by atoms with Crippen LogP contribution in [0.25, 0.3) is 0 Å². The largest absolute Gasteiger partial charge is 0.317 e. The van der Waals surface area contributed by atoms with E-state index in [1.54, 1.807) is 0 Å². The van der Waals surface area contributed by atoms with E-state index in [1.807, 2.05) is 11.9 Å². The Morgan fingerprint density at radius 1 is 1.21 bits per heavy atom. The van der Waals surface area contributed by atoms with Crippen LogP contribution >= 0.6 is 0 Å². The molecule has 0 bridgehead atoms. The highest BCUT2D eigenvalue weighted by Crippen LogP contribution is 2.27. The quantitative estimate of drug-likeness (QED) is 0.881. The first kappa shape index (κ1) is 12.7. The van der Waals surface area contributed by atoms with E-state index in [0.717, 1.165) is 31.6 Å². The third kappa shape index (κ3) is 2.52. The molecule has 3 nitrogen and oxygen atoms in total. The summed E-state index contributed by atoms with van der Waals surface area (Å²) in [6.07, 6.45) is 5.55. The zero-order chi connectivity index (χ0) is 13.2. The number of fused-ring (bicyclic) bond motifs is 1. The molecule has 1 aliphatic heterocycles. The van der Waals surface area contributed by atoms with Crippen molar-refractivity contribution in [2.24, 2.45) is 5.92 Å². The van der Waals surface area contributed by atoms with Gasteiger partial charge in [0.25, 0.3) is 0 Å². The average Bonchev–Trinajstić information content (AvgIpc) is 2.94. The van der Waals surface area contributed by atoms with Gasteiger partial charge in [-0.3, -0.25) is 4.79 Å². The molecule has 1 aromatic carbocycles. The Labute approximate surface area is 115 Å². The maximum absolute atomic E-state index is 12.5. The lowest BCUT2D eigenvalue weighted by Crippen LogP contribution is -2.39. The summed E-state index contributed by atoms with van der Waals surface area (Å²) in [6, 6.07) is 6.51. The van der Waals surface area contributed by atoms with E-state index < -0.39 is 0 Å². The highest BCUT2D eigenvalue weighted by Gasteiger charge is 2.25. The van der Waals surface area contributed by atoms with Crippen LogP contribution in [-0.4, -0.2) is 26.0 Å². The third-order valence-corrected chi connectivity index (χ3v) is 4.49. The van der Waals surface area contributed by atoms with Crippen LogP contribution in [0.15, 0.2) is 18.2 Å². The Hall–Kier alpha value is -1.35. The molecule has 19 heavy (non-hydrogen) atoms. The predicted molar refractivity (Wildman–Crippen MR) is 77.5 cm³/mol.